The predicted molar refractivity (Wildman–Crippen MR) is 84.3 cm³/mol. The van der Waals surface area contributed by atoms with Crippen molar-refractivity contribution in [1.82, 2.24) is 15.3 Å². The molecule has 120 valence electrons. The van der Waals surface area contributed by atoms with Crippen molar-refractivity contribution < 1.29 is 14.3 Å². The second kappa shape index (κ2) is 6.29. The van der Waals surface area contributed by atoms with Gasteiger partial charge in [0, 0.05) is 17.8 Å². The van der Waals surface area contributed by atoms with Crippen molar-refractivity contribution in [1.29, 1.82) is 0 Å². The summed E-state index contributed by atoms with van der Waals surface area (Å²) in [6.45, 7) is 2.00. The molecule has 1 saturated heterocycles. The number of fused-ring (bicyclic) bond motifs is 1. The molecule has 0 amide bonds. The Labute approximate surface area is 133 Å². The number of nitrogens with one attached hydrogen (secondary N) is 1. The first kappa shape index (κ1) is 15.4. The molecular formula is C16H18N4O3. The third kappa shape index (κ3) is 3.29. The van der Waals surface area contributed by atoms with Crippen LogP contribution in [0.3, 0.4) is 0 Å². The molecule has 0 saturated carbocycles. The lowest BCUT2D eigenvalue weighted by Gasteiger charge is -2.10. The van der Waals surface area contributed by atoms with Crippen molar-refractivity contribution in [2.24, 2.45) is 5.92 Å². The second-order valence-electron chi connectivity index (χ2n) is 5.65. The summed E-state index contributed by atoms with van der Waals surface area (Å²) < 4.78 is 5.25. The quantitative estimate of drug-likeness (QED) is 0.804. The number of aromatic nitrogens is 2. The van der Waals surface area contributed by atoms with Gasteiger partial charge in [-0.1, -0.05) is 12.1 Å². The Morgan fingerprint density at radius 1 is 1.35 bits per heavy atom. The number of ketones is 1. The SMILES string of the molecule is CC(=O)C1CNC(C(=O)OCc2nc(N)c3ccccc3n2)C1. The number of anilines is 1. The number of nitrogens with zero attached hydrogens (tertiary/aromatic N) is 2. The maximum absolute atomic E-state index is 12.1. The smallest absolute Gasteiger partial charge is 0.323 e. The fourth-order valence-corrected chi connectivity index (χ4v) is 2.68. The van der Waals surface area contributed by atoms with Crippen LogP contribution in [0.5, 0.6) is 0 Å². The summed E-state index contributed by atoms with van der Waals surface area (Å²) in [7, 11) is 0. The van der Waals surface area contributed by atoms with E-state index >= 15 is 0 Å². The minimum absolute atomic E-state index is 0.0449. The highest BCUT2D eigenvalue weighted by Crippen LogP contribution is 2.18. The number of hydrogen-bond donors (Lipinski definition) is 2. The molecule has 3 N–H and O–H groups in total. The van der Waals surface area contributed by atoms with Crippen LogP contribution < -0.4 is 11.1 Å². The lowest BCUT2D eigenvalue weighted by atomic mass is 10.0. The topological polar surface area (TPSA) is 107 Å². The minimum atomic E-state index is -0.457. The Morgan fingerprint density at radius 3 is 2.87 bits per heavy atom. The molecule has 3 rings (SSSR count). The molecule has 2 heterocycles. The second-order valence-corrected chi connectivity index (χ2v) is 5.65. The standard InChI is InChI=1S/C16H18N4O3/c1-9(21)10-6-13(18-7-10)16(22)23-8-14-19-12-5-3-2-4-11(12)15(17)20-14/h2-5,10,13,18H,6-8H2,1H3,(H2,17,19,20). The van der Waals surface area contributed by atoms with E-state index in [0.717, 1.165) is 5.39 Å². The van der Waals surface area contributed by atoms with Gasteiger partial charge in [-0.15, -0.1) is 0 Å². The summed E-state index contributed by atoms with van der Waals surface area (Å²) in [5, 5.41) is 3.77. The van der Waals surface area contributed by atoms with E-state index in [1.54, 1.807) is 0 Å². The van der Waals surface area contributed by atoms with E-state index in [0.29, 0.717) is 30.1 Å². The fraction of sp³-hybridized carbons (Fsp3) is 0.375. The molecular weight excluding hydrogens is 296 g/mol. The predicted octanol–water partition coefficient (Wildman–Crippen LogP) is 0.822. The zero-order chi connectivity index (χ0) is 16.4. The maximum atomic E-state index is 12.1. The van der Waals surface area contributed by atoms with E-state index in [-0.39, 0.29) is 18.3 Å². The average Bonchev–Trinajstić information content (AvgIpc) is 3.03. The minimum Gasteiger partial charge on any atom is -0.456 e. The van der Waals surface area contributed by atoms with Crippen molar-refractivity contribution in [3.05, 3.63) is 30.1 Å². The van der Waals surface area contributed by atoms with Gasteiger partial charge in [0.2, 0.25) is 0 Å². The van der Waals surface area contributed by atoms with Crippen LogP contribution in [0.15, 0.2) is 24.3 Å². The van der Waals surface area contributed by atoms with Gasteiger partial charge in [0.25, 0.3) is 0 Å². The number of Topliss-reactive ketones (excluding diaryl/α,β-unsaturated/α-hetero) is 1. The number of nitrogen functional groups attached to an aromatic ring is 1. The third-order valence-electron chi connectivity index (χ3n) is 4.01. The number of nitrogens with two attached hydrogens (primary N) is 1. The molecule has 0 spiro atoms. The van der Waals surface area contributed by atoms with Crippen LogP contribution >= 0.6 is 0 Å². The summed E-state index contributed by atoms with van der Waals surface area (Å²) in [6, 6.07) is 6.93. The van der Waals surface area contributed by atoms with E-state index in [1.807, 2.05) is 24.3 Å². The molecule has 1 aromatic carbocycles. The van der Waals surface area contributed by atoms with Crippen LogP contribution in [0, 0.1) is 5.92 Å². The number of benzene rings is 1. The lowest BCUT2D eigenvalue weighted by molar-refractivity contribution is -0.147. The summed E-state index contributed by atoms with van der Waals surface area (Å²) in [5.41, 5.74) is 6.61. The number of carbonyl (C=O) groups is 2. The summed E-state index contributed by atoms with van der Waals surface area (Å²) in [6.07, 6.45) is 0.467. The van der Waals surface area contributed by atoms with Gasteiger partial charge in [0.15, 0.2) is 12.4 Å². The Hall–Kier alpha value is -2.54. The van der Waals surface area contributed by atoms with Crippen LogP contribution in [-0.2, 0) is 20.9 Å². The van der Waals surface area contributed by atoms with Crippen LogP contribution in [0.1, 0.15) is 19.2 Å². The van der Waals surface area contributed by atoms with Gasteiger partial charge in [-0.2, -0.15) is 0 Å². The average molecular weight is 314 g/mol. The molecule has 1 aliphatic rings. The number of ether oxygens (including phenoxy) is 1. The normalized spacial score (nSPS) is 20.6. The van der Waals surface area contributed by atoms with Gasteiger partial charge < -0.3 is 15.8 Å². The Morgan fingerprint density at radius 2 is 2.13 bits per heavy atom. The summed E-state index contributed by atoms with van der Waals surface area (Å²) in [5.74, 6) is 0.274. The number of esters is 1. The fourth-order valence-electron chi connectivity index (χ4n) is 2.68. The van der Waals surface area contributed by atoms with Gasteiger partial charge in [0.05, 0.1) is 5.52 Å². The Bertz CT molecular complexity index is 762. The van der Waals surface area contributed by atoms with Crippen molar-refractivity contribution in [2.75, 3.05) is 12.3 Å². The van der Waals surface area contributed by atoms with Crippen molar-refractivity contribution in [2.45, 2.75) is 26.0 Å². The van der Waals surface area contributed by atoms with E-state index in [9.17, 15) is 9.59 Å². The van der Waals surface area contributed by atoms with Crippen LogP contribution in [0.25, 0.3) is 10.9 Å². The first-order chi connectivity index (χ1) is 11.0. The molecule has 1 aromatic heterocycles. The largest absolute Gasteiger partial charge is 0.456 e. The van der Waals surface area contributed by atoms with Crippen LogP contribution in [-0.4, -0.2) is 34.3 Å². The molecule has 23 heavy (non-hydrogen) atoms. The highest BCUT2D eigenvalue weighted by atomic mass is 16.5. The zero-order valence-corrected chi connectivity index (χ0v) is 12.8. The first-order valence-electron chi connectivity index (χ1n) is 7.46. The van der Waals surface area contributed by atoms with Gasteiger partial charge in [0.1, 0.15) is 17.6 Å². The molecule has 2 unspecified atom stereocenters. The molecule has 7 nitrogen and oxygen atoms in total. The van der Waals surface area contributed by atoms with Crippen molar-refractivity contribution >= 4 is 28.5 Å². The van der Waals surface area contributed by atoms with Crippen LogP contribution in [0.4, 0.5) is 5.82 Å². The van der Waals surface area contributed by atoms with E-state index in [2.05, 4.69) is 15.3 Å². The maximum Gasteiger partial charge on any atom is 0.323 e. The third-order valence-corrected chi connectivity index (χ3v) is 4.01. The van der Waals surface area contributed by atoms with Gasteiger partial charge in [-0.25, -0.2) is 9.97 Å². The molecule has 1 aliphatic heterocycles. The Balaban J connectivity index is 1.64. The van der Waals surface area contributed by atoms with Crippen LogP contribution in [0.2, 0.25) is 0 Å². The number of carbonyl (C=O) groups excluding carboxylic acids is 2. The zero-order valence-electron chi connectivity index (χ0n) is 12.8. The molecule has 2 aromatic rings. The molecule has 2 atom stereocenters. The number of para-hydroxylation sites is 1. The highest BCUT2D eigenvalue weighted by Gasteiger charge is 2.32. The van der Waals surface area contributed by atoms with Gasteiger partial charge >= 0.3 is 5.97 Å². The highest BCUT2D eigenvalue weighted by molar-refractivity contribution is 5.87. The molecule has 1 fully saturated rings. The monoisotopic (exact) mass is 314 g/mol. The molecule has 0 radical (unpaired) electrons. The molecule has 0 aliphatic carbocycles. The summed E-state index contributed by atoms with van der Waals surface area (Å²) >= 11 is 0. The van der Waals surface area contributed by atoms with Crippen molar-refractivity contribution in [3.8, 4) is 0 Å². The lowest BCUT2D eigenvalue weighted by Crippen LogP contribution is -2.32. The number of hydrogen-bond acceptors (Lipinski definition) is 7. The van der Waals surface area contributed by atoms with E-state index in [1.165, 1.54) is 6.92 Å². The molecule has 7 heteroatoms. The van der Waals surface area contributed by atoms with Crippen molar-refractivity contribution in [3.63, 3.8) is 0 Å². The molecule has 0 bridgehead atoms. The number of rotatable bonds is 4. The summed E-state index contributed by atoms with van der Waals surface area (Å²) in [4.78, 5) is 31.9. The first-order valence-corrected chi connectivity index (χ1v) is 7.46. The van der Waals surface area contributed by atoms with Gasteiger partial charge in [-0.3, -0.25) is 9.59 Å². The van der Waals surface area contributed by atoms with E-state index < -0.39 is 12.0 Å². The Kier molecular flexibility index (Phi) is 4.20. The van der Waals surface area contributed by atoms with Gasteiger partial charge in [-0.05, 0) is 25.5 Å². The van der Waals surface area contributed by atoms with E-state index in [4.69, 9.17) is 10.5 Å².